The molecule has 1 aromatic rings. The van der Waals surface area contributed by atoms with Crippen LogP contribution in [0.1, 0.15) is 46.0 Å². The van der Waals surface area contributed by atoms with E-state index in [2.05, 4.69) is 12.2 Å². The molecule has 0 fully saturated rings. The van der Waals surface area contributed by atoms with Gasteiger partial charge in [-0.1, -0.05) is 19.8 Å². The van der Waals surface area contributed by atoms with Crippen LogP contribution in [0, 0.1) is 0 Å². The van der Waals surface area contributed by atoms with E-state index in [0.717, 1.165) is 37.6 Å². The van der Waals surface area contributed by atoms with Gasteiger partial charge in [0.1, 0.15) is 11.5 Å². The summed E-state index contributed by atoms with van der Waals surface area (Å²) in [6.07, 6.45) is 6.13. The van der Waals surface area contributed by atoms with E-state index in [-0.39, 0.29) is 0 Å². The molecule has 0 heterocycles. The molecule has 3 nitrogen and oxygen atoms in total. The molecule has 0 aliphatic heterocycles. The molecule has 0 saturated carbocycles. The minimum absolute atomic E-state index is 0.702. The van der Waals surface area contributed by atoms with E-state index in [1.807, 2.05) is 31.2 Å². The Morgan fingerprint density at radius 3 is 2.10 bits per heavy atom. The first-order valence-electron chi connectivity index (χ1n) is 7.93. The summed E-state index contributed by atoms with van der Waals surface area (Å²) in [5, 5.41) is 3.42. The van der Waals surface area contributed by atoms with Gasteiger partial charge in [-0.05, 0) is 63.5 Å². The van der Waals surface area contributed by atoms with Gasteiger partial charge >= 0.3 is 0 Å². The number of rotatable bonds is 12. The van der Waals surface area contributed by atoms with Crippen molar-refractivity contribution in [2.75, 3.05) is 26.3 Å². The second-order valence-electron chi connectivity index (χ2n) is 4.92. The van der Waals surface area contributed by atoms with Crippen LogP contribution in [0.15, 0.2) is 24.3 Å². The van der Waals surface area contributed by atoms with Crippen LogP contribution in [0.4, 0.5) is 0 Å². The molecule has 0 aromatic heterocycles. The van der Waals surface area contributed by atoms with Gasteiger partial charge in [-0.15, -0.1) is 0 Å². The molecule has 0 aliphatic rings. The Bertz CT molecular complexity index is 324. The van der Waals surface area contributed by atoms with Crippen LogP contribution in [0.2, 0.25) is 0 Å². The molecule has 0 spiro atoms. The maximum atomic E-state index is 5.71. The van der Waals surface area contributed by atoms with Crippen molar-refractivity contribution in [2.45, 2.75) is 46.0 Å². The quantitative estimate of drug-likeness (QED) is 0.586. The summed E-state index contributed by atoms with van der Waals surface area (Å²) in [4.78, 5) is 0. The molecule has 0 aliphatic carbocycles. The molecule has 0 unspecified atom stereocenters. The highest BCUT2D eigenvalue weighted by atomic mass is 16.5. The fourth-order valence-corrected chi connectivity index (χ4v) is 2.00. The molecule has 20 heavy (non-hydrogen) atoms. The summed E-state index contributed by atoms with van der Waals surface area (Å²) in [5.74, 6) is 1.83. The second kappa shape index (κ2) is 11.6. The third-order valence-corrected chi connectivity index (χ3v) is 3.08. The lowest BCUT2D eigenvalue weighted by molar-refractivity contribution is 0.302. The summed E-state index contributed by atoms with van der Waals surface area (Å²) in [7, 11) is 0. The van der Waals surface area contributed by atoms with Gasteiger partial charge < -0.3 is 14.8 Å². The Morgan fingerprint density at radius 2 is 1.45 bits per heavy atom. The van der Waals surface area contributed by atoms with Gasteiger partial charge in [0, 0.05) is 0 Å². The smallest absolute Gasteiger partial charge is 0.119 e. The third kappa shape index (κ3) is 8.05. The minimum Gasteiger partial charge on any atom is -0.494 e. The van der Waals surface area contributed by atoms with Gasteiger partial charge in [-0.3, -0.25) is 0 Å². The van der Waals surface area contributed by atoms with E-state index in [9.17, 15) is 0 Å². The molecular weight excluding hydrogens is 250 g/mol. The average Bonchev–Trinajstić information content (AvgIpc) is 2.47. The largest absolute Gasteiger partial charge is 0.494 e. The summed E-state index contributed by atoms with van der Waals surface area (Å²) >= 11 is 0. The van der Waals surface area contributed by atoms with Crippen LogP contribution in [0.25, 0.3) is 0 Å². The lowest BCUT2D eigenvalue weighted by Gasteiger charge is -2.08. The Balaban J connectivity index is 1.98. The fraction of sp³-hybridized carbons (Fsp3) is 0.647. The van der Waals surface area contributed by atoms with Crippen LogP contribution in [0.5, 0.6) is 11.5 Å². The van der Waals surface area contributed by atoms with Gasteiger partial charge in [0.15, 0.2) is 0 Å². The summed E-state index contributed by atoms with van der Waals surface area (Å²) in [6.45, 7) is 7.98. The standard InChI is InChI=1S/C17H29NO2/c1-3-13-18-14-7-5-6-8-15-20-17-11-9-16(10-12-17)19-4-2/h9-12,18H,3-8,13-15H2,1-2H3. The normalized spacial score (nSPS) is 10.5. The van der Waals surface area contributed by atoms with Crippen molar-refractivity contribution in [3.63, 3.8) is 0 Å². The minimum atomic E-state index is 0.702. The van der Waals surface area contributed by atoms with E-state index in [1.165, 1.54) is 25.7 Å². The maximum Gasteiger partial charge on any atom is 0.119 e. The molecular formula is C17H29NO2. The molecule has 3 heteroatoms. The lowest BCUT2D eigenvalue weighted by Crippen LogP contribution is -2.15. The van der Waals surface area contributed by atoms with Crippen LogP contribution in [-0.2, 0) is 0 Å². The Labute approximate surface area is 123 Å². The highest BCUT2D eigenvalue weighted by Crippen LogP contribution is 2.17. The van der Waals surface area contributed by atoms with Gasteiger partial charge in [-0.2, -0.15) is 0 Å². The molecule has 114 valence electrons. The first kappa shape index (κ1) is 16.8. The van der Waals surface area contributed by atoms with E-state index >= 15 is 0 Å². The SMILES string of the molecule is CCCNCCCCCCOc1ccc(OCC)cc1. The zero-order valence-corrected chi connectivity index (χ0v) is 13.0. The summed E-state index contributed by atoms with van der Waals surface area (Å²) in [5.41, 5.74) is 0. The lowest BCUT2D eigenvalue weighted by atomic mass is 10.2. The van der Waals surface area contributed by atoms with Crippen LogP contribution in [-0.4, -0.2) is 26.3 Å². The Morgan fingerprint density at radius 1 is 0.800 bits per heavy atom. The number of hydrogen-bond acceptors (Lipinski definition) is 3. The van der Waals surface area contributed by atoms with Crippen LogP contribution >= 0.6 is 0 Å². The van der Waals surface area contributed by atoms with Crippen molar-refractivity contribution in [3.8, 4) is 11.5 Å². The zero-order valence-electron chi connectivity index (χ0n) is 13.0. The molecule has 0 radical (unpaired) electrons. The predicted molar refractivity (Wildman–Crippen MR) is 84.7 cm³/mol. The first-order valence-corrected chi connectivity index (χ1v) is 7.93. The third-order valence-electron chi connectivity index (χ3n) is 3.08. The molecule has 0 atom stereocenters. The van der Waals surface area contributed by atoms with E-state index in [0.29, 0.717) is 6.61 Å². The molecule has 1 aromatic carbocycles. The van der Waals surface area contributed by atoms with Crippen molar-refractivity contribution in [1.29, 1.82) is 0 Å². The number of benzene rings is 1. The summed E-state index contributed by atoms with van der Waals surface area (Å²) in [6, 6.07) is 7.86. The van der Waals surface area contributed by atoms with Gasteiger partial charge in [-0.25, -0.2) is 0 Å². The number of nitrogens with one attached hydrogen (secondary N) is 1. The Hall–Kier alpha value is -1.22. The number of hydrogen-bond donors (Lipinski definition) is 1. The predicted octanol–water partition coefficient (Wildman–Crippen LogP) is 4.02. The highest BCUT2D eigenvalue weighted by Gasteiger charge is 1.96. The van der Waals surface area contributed by atoms with Crippen molar-refractivity contribution in [3.05, 3.63) is 24.3 Å². The molecule has 1 rings (SSSR count). The monoisotopic (exact) mass is 279 g/mol. The Kier molecular flexibility index (Phi) is 9.76. The van der Waals surface area contributed by atoms with Gasteiger partial charge in [0.2, 0.25) is 0 Å². The molecule has 1 N–H and O–H groups in total. The summed E-state index contributed by atoms with van der Waals surface area (Å²) < 4.78 is 11.1. The van der Waals surface area contributed by atoms with E-state index in [4.69, 9.17) is 9.47 Å². The highest BCUT2D eigenvalue weighted by molar-refractivity contribution is 5.31. The zero-order chi connectivity index (χ0) is 14.5. The van der Waals surface area contributed by atoms with Crippen molar-refractivity contribution in [2.24, 2.45) is 0 Å². The maximum absolute atomic E-state index is 5.71. The molecule has 0 bridgehead atoms. The van der Waals surface area contributed by atoms with E-state index in [1.54, 1.807) is 0 Å². The second-order valence-corrected chi connectivity index (χ2v) is 4.92. The van der Waals surface area contributed by atoms with Crippen LogP contribution in [0.3, 0.4) is 0 Å². The fourth-order valence-electron chi connectivity index (χ4n) is 2.00. The first-order chi connectivity index (χ1) is 9.86. The van der Waals surface area contributed by atoms with E-state index < -0.39 is 0 Å². The number of unbranched alkanes of at least 4 members (excludes halogenated alkanes) is 3. The van der Waals surface area contributed by atoms with Crippen molar-refractivity contribution in [1.82, 2.24) is 5.32 Å². The van der Waals surface area contributed by atoms with Gasteiger partial charge in [0.05, 0.1) is 13.2 Å². The molecule has 0 saturated heterocycles. The molecule has 0 amide bonds. The van der Waals surface area contributed by atoms with Crippen LogP contribution < -0.4 is 14.8 Å². The van der Waals surface area contributed by atoms with Gasteiger partial charge in [0.25, 0.3) is 0 Å². The van der Waals surface area contributed by atoms with Crippen molar-refractivity contribution < 1.29 is 9.47 Å². The average molecular weight is 279 g/mol. The van der Waals surface area contributed by atoms with Crippen molar-refractivity contribution >= 4 is 0 Å². The number of ether oxygens (including phenoxy) is 2. The topological polar surface area (TPSA) is 30.5 Å².